The van der Waals surface area contributed by atoms with E-state index in [2.05, 4.69) is 10.3 Å². The van der Waals surface area contributed by atoms with Crippen LogP contribution < -0.4 is 5.32 Å². The second kappa shape index (κ2) is 5.00. The average molecular weight is 268 g/mol. The summed E-state index contributed by atoms with van der Waals surface area (Å²) in [6, 6.07) is 14.3. The highest BCUT2D eigenvalue weighted by Gasteiger charge is 2.11. The molecule has 100 valence electrons. The smallest absolute Gasteiger partial charge is 0.292 e. The highest BCUT2D eigenvalue weighted by Crippen LogP contribution is 2.23. The van der Waals surface area contributed by atoms with Gasteiger partial charge < -0.3 is 9.88 Å². The van der Waals surface area contributed by atoms with Crippen molar-refractivity contribution in [3.05, 3.63) is 65.0 Å². The van der Waals surface area contributed by atoms with Gasteiger partial charge in [0.1, 0.15) is 5.69 Å². The number of nitrogens with zero attached hydrogens (tertiary/aromatic N) is 3. The standard InChI is InChI=1S/C14H12N4O2/c19-18(20)14-8-4-2-6-12(14)16-10-17-9-15-11-5-1-3-7-13(11)17/h1-9,16H,10H2. The lowest BCUT2D eigenvalue weighted by Gasteiger charge is -2.08. The lowest BCUT2D eigenvalue weighted by Crippen LogP contribution is -2.08. The molecule has 1 heterocycles. The maximum atomic E-state index is 10.9. The molecular weight excluding hydrogens is 256 g/mol. The van der Waals surface area contributed by atoms with Gasteiger partial charge in [0.2, 0.25) is 0 Å². The first-order chi connectivity index (χ1) is 9.75. The predicted octanol–water partition coefficient (Wildman–Crippen LogP) is 3.01. The normalized spacial score (nSPS) is 10.6. The molecule has 0 aliphatic carbocycles. The zero-order valence-electron chi connectivity index (χ0n) is 10.6. The first kappa shape index (κ1) is 12.2. The van der Waals surface area contributed by atoms with Crippen molar-refractivity contribution in [1.82, 2.24) is 9.55 Å². The van der Waals surface area contributed by atoms with Crippen molar-refractivity contribution in [3.8, 4) is 0 Å². The highest BCUT2D eigenvalue weighted by molar-refractivity contribution is 5.75. The van der Waals surface area contributed by atoms with Crippen LogP contribution in [0.4, 0.5) is 11.4 Å². The predicted molar refractivity (Wildman–Crippen MR) is 76.5 cm³/mol. The number of rotatable bonds is 4. The molecule has 0 saturated carbocycles. The summed E-state index contributed by atoms with van der Waals surface area (Å²) in [5, 5.41) is 14.0. The lowest BCUT2D eigenvalue weighted by molar-refractivity contribution is -0.384. The largest absolute Gasteiger partial charge is 0.362 e. The molecule has 0 aliphatic rings. The summed E-state index contributed by atoms with van der Waals surface area (Å²) in [6.07, 6.45) is 1.71. The first-order valence-electron chi connectivity index (χ1n) is 6.13. The molecule has 1 N–H and O–H groups in total. The fraction of sp³-hybridized carbons (Fsp3) is 0.0714. The molecule has 0 radical (unpaired) electrons. The van der Waals surface area contributed by atoms with E-state index in [-0.39, 0.29) is 5.69 Å². The zero-order valence-corrected chi connectivity index (χ0v) is 10.6. The third kappa shape index (κ3) is 2.18. The molecule has 0 spiro atoms. The Kier molecular flexibility index (Phi) is 3.04. The van der Waals surface area contributed by atoms with Gasteiger partial charge in [-0.25, -0.2) is 4.98 Å². The zero-order chi connectivity index (χ0) is 13.9. The van der Waals surface area contributed by atoms with E-state index >= 15 is 0 Å². The van der Waals surface area contributed by atoms with Crippen LogP contribution in [0.15, 0.2) is 54.9 Å². The Morgan fingerprint density at radius 3 is 2.75 bits per heavy atom. The van der Waals surface area contributed by atoms with Crippen LogP contribution in [0.5, 0.6) is 0 Å². The number of nitro benzene ring substituents is 1. The molecule has 3 rings (SSSR count). The third-order valence-electron chi connectivity index (χ3n) is 3.07. The Bertz CT molecular complexity index is 766. The van der Waals surface area contributed by atoms with Crippen LogP contribution in [0, 0.1) is 10.1 Å². The second-order valence-electron chi connectivity index (χ2n) is 4.31. The summed E-state index contributed by atoms with van der Waals surface area (Å²) in [5.41, 5.74) is 2.45. The molecule has 0 fully saturated rings. The summed E-state index contributed by atoms with van der Waals surface area (Å²) >= 11 is 0. The summed E-state index contributed by atoms with van der Waals surface area (Å²) in [6.45, 7) is 0.422. The Morgan fingerprint density at radius 2 is 1.90 bits per heavy atom. The van der Waals surface area contributed by atoms with Gasteiger partial charge in [-0.3, -0.25) is 10.1 Å². The van der Waals surface area contributed by atoms with Gasteiger partial charge in [-0.15, -0.1) is 0 Å². The van der Waals surface area contributed by atoms with Gasteiger partial charge in [-0.05, 0) is 18.2 Å². The van der Waals surface area contributed by atoms with Gasteiger partial charge >= 0.3 is 0 Å². The van der Waals surface area contributed by atoms with E-state index in [9.17, 15) is 10.1 Å². The molecule has 0 bridgehead atoms. The minimum Gasteiger partial charge on any atom is -0.362 e. The van der Waals surface area contributed by atoms with Crippen molar-refractivity contribution in [2.24, 2.45) is 0 Å². The second-order valence-corrected chi connectivity index (χ2v) is 4.31. The number of hydrogen-bond donors (Lipinski definition) is 1. The molecule has 3 aromatic rings. The Hall–Kier alpha value is -2.89. The Balaban J connectivity index is 1.85. The first-order valence-corrected chi connectivity index (χ1v) is 6.13. The van der Waals surface area contributed by atoms with Crippen LogP contribution >= 0.6 is 0 Å². The number of aromatic nitrogens is 2. The molecule has 0 unspecified atom stereocenters. The van der Waals surface area contributed by atoms with E-state index < -0.39 is 4.92 Å². The summed E-state index contributed by atoms with van der Waals surface area (Å²) < 4.78 is 1.91. The van der Waals surface area contributed by atoms with E-state index in [1.807, 2.05) is 28.8 Å². The van der Waals surface area contributed by atoms with Crippen LogP contribution in [0.3, 0.4) is 0 Å². The van der Waals surface area contributed by atoms with Crippen LogP contribution in [0.25, 0.3) is 11.0 Å². The summed E-state index contributed by atoms with van der Waals surface area (Å²) in [5.74, 6) is 0. The molecule has 20 heavy (non-hydrogen) atoms. The Morgan fingerprint density at radius 1 is 1.15 bits per heavy atom. The van der Waals surface area contributed by atoms with Crippen molar-refractivity contribution in [2.45, 2.75) is 6.67 Å². The molecule has 0 atom stereocenters. The van der Waals surface area contributed by atoms with Crippen molar-refractivity contribution < 1.29 is 4.92 Å². The summed E-state index contributed by atoms with van der Waals surface area (Å²) in [4.78, 5) is 14.8. The minimum atomic E-state index is -0.394. The number of para-hydroxylation sites is 4. The van der Waals surface area contributed by atoms with E-state index in [4.69, 9.17) is 0 Å². The van der Waals surface area contributed by atoms with E-state index in [1.54, 1.807) is 24.5 Å². The fourth-order valence-electron chi connectivity index (χ4n) is 2.09. The maximum Gasteiger partial charge on any atom is 0.292 e. The molecule has 0 aliphatic heterocycles. The number of fused-ring (bicyclic) bond motifs is 1. The topological polar surface area (TPSA) is 73.0 Å². The van der Waals surface area contributed by atoms with Crippen LogP contribution in [-0.4, -0.2) is 14.5 Å². The van der Waals surface area contributed by atoms with Gasteiger partial charge in [-0.1, -0.05) is 24.3 Å². The van der Waals surface area contributed by atoms with Gasteiger partial charge in [0.25, 0.3) is 5.69 Å². The van der Waals surface area contributed by atoms with Crippen molar-refractivity contribution >= 4 is 22.4 Å². The van der Waals surface area contributed by atoms with Crippen molar-refractivity contribution in [1.29, 1.82) is 0 Å². The number of imidazole rings is 1. The van der Waals surface area contributed by atoms with Crippen molar-refractivity contribution in [3.63, 3.8) is 0 Å². The van der Waals surface area contributed by atoms with Gasteiger partial charge in [0.05, 0.1) is 29.0 Å². The van der Waals surface area contributed by atoms with E-state index in [1.165, 1.54) is 6.07 Å². The third-order valence-corrected chi connectivity index (χ3v) is 3.07. The van der Waals surface area contributed by atoms with E-state index in [0.717, 1.165) is 11.0 Å². The highest BCUT2D eigenvalue weighted by atomic mass is 16.6. The molecular formula is C14H12N4O2. The van der Waals surface area contributed by atoms with Crippen LogP contribution in [0.1, 0.15) is 0 Å². The van der Waals surface area contributed by atoms with Gasteiger partial charge in [0.15, 0.2) is 0 Å². The van der Waals surface area contributed by atoms with Crippen molar-refractivity contribution in [2.75, 3.05) is 5.32 Å². The monoisotopic (exact) mass is 268 g/mol. The lowest BCUT2D eigenvalue weighted by atomic mass is 10.3. The number of hydrogen-bond acceptors (Lipinski definition) is 4. The molecule has 6 nitrogen and oxygen atoms in total. The fourth-order valence-corrected chi connectivity index (χ4v) is 2.09. The molecule has 1 aromatic heterocycles. The SMILES string of the molecule is O=[N+]([O-])c1ccccc1NCn1cnc2ccccc21. The summed E-state index contributed by atoms with van der Waals surface area (Å²) in [7, 11) is 0. The quantitative estimate of drug-likeness (QED) is 0.583. The number of benzene rings is 2. The number of nitrogens with one attached hydrogen (secondary N) is 1. The van der Waals surface area contributed by atoms with Crippen LogP contribution in [-0.2, 0) is 6.67 Å². The molecule has 2 aromatic carbocycles. The Labute approximate surface area is 114 Å². The molecule has 6 heteroatoms. The van der Waals surface area contributed by atoms with Gasteiger partial charge in [-0.2, -0.15) is 0 Å². The van der Waals surface area contributed by atoms with Crippen LogP contribution in [0.2, 0.25) is 0 Å². The van der Waals surface area contributed by atoms with Gasteiger partial charge in [0, 0.05) is 6.07 Å². The average Bonchev–Trinajstić information content (AvgIpc) is 2.88. The maximum absolute atomic E-state index is 10.9. The minimum absolute atomic E-state index is 0.0666. The number of anilines is 1. The number of nitro groups is 1. The molecule has 0 amide bonds. The van der Waals surface area contributed by atoms with E-state index in [0.29, 0.717) is 12.4 Å². The molecule has 0 saturated heterocycles.